The molecule has 3 rings (SSSR count). The Balaban J connectivity index is 1.55. The average molecular weight is 212 g/mol. The molecule has 2 heteroatoms. The van der Waals surface area contributed by atoms with E-state index in [-0.39, 0.29) is 0 Å². The van der Waals surface area contributed by atoms with Crippen molar-refractivity contribution in [1.29, 1.82) is 0 Å². The highest BCUT2D eigenvalue weighted by molar-refractivity contribution is 5.23. The van der Waals surface area contributed by atoms with Gasteiger partial charge in [0.1, 0.15) is 0 Å². The van der Waals surface area contributed by atoms with Crippen molar-refractivity contribution in [3.63, 3.8) is 0 Å². The molecule has 0 spiro atoms. The molecule has 1 heterocycles. The summed E-state index contributed by atoms with van der Waals surface area (Å²) >= 11 is 0. The number of hydrogen-bond donors (Lipinski definition) is 1. The molecule has 0 amide bonds. The van der Waals surface area contributed by atoms with E-state index in [4.69, 9.17) is 0 Å². The van der Waals surface area contributed by atoms with E-state index in [0.29, 0.717) is 6.04 Å². The van der Waals surface area contributed by atoms with Crippen LogP contribution in [0.25, 0.3) is 0 Å². The minimum Gasteiger partial charge on any atom is -0.323 e. The first-order valence-electron chi connectivity index (χ1n) is 5.86. The Hall–Kier alpha value is -1.70. The lowest BCUT2D eigenvalue weighted by Gasteiger charge is -2.36. The van der Waals surface area contributed by atoms with E-state index in [1.165, 1.54) is 18.4 Å². The molecule has 1 aromatic carbocycles. The van der Waals surface area contributed by atoms with Gasteiger partial charge in [0, 0.05) is 18.4 Å². The van der Waals surface area contributed by atoms with Gasteiger partial charge in [0.25, 0.3) is 0 Å². The molecule has 1 fully saturated rings. The van der Waals surface area contributed by atoms with Crippen molar-refractivity contribution in [1.82, 2.24) is 4.68 Å². The molecule has 0 unspecified atom stereocenters. The molecule has 1 saturated carbocycles. The van der Waals surface area contributed by atoms with Gasteiger partial charge in [-0.2, -0.15) is 0 Å². The Bertz CT molecular complexity index is 427. The van der Waals surface area contributed by atoms with Gasteiger partial charge in [0.05, 0.1) is 0 Å². The molecule has 0 bridgehead atoms. The summed E-state index contributed by atoms with van der Waals surface area (Å²) in [6.45, 7) is 0. The van der Waals surface area contributed by atoms with Crippen LogP contribution < -0.4 is 5.43 Å². The first-order chi connectivity index (χ1) is 7.92. The van der Waals surface area contributed by atoms with Gasteiger partial charge in [-0.1, -0.05) is 30.3 Å². The van der Waals surface area contributed by atoms with Crippen LogP contribution in [0.4, 0.5) is 0 Å². The topological polar surface area (TPSA) is 17.0 Å². The van der Waals surface area contributed by atoms with Gasteiger partial charge in [-0.25, -0.2) is 0 Å². The predicted molar refractivity (Wildman–Crippen MR) is 66.0 cm³/mol. The zero-order valence-electron chi connectivity index (χ0n) is 9.21. The number of aromatic nitrogens is 1. The van der Waals surface area contributed by atoms with E-state index in [1.54, 1.807) is 0 Å². The summed E-state index contributed by atoms with van der Waals surface area (Å²) in [4.78, 5) is 0. The smallest absolute Gasteiger partial charge is 0.0436 e. The van der Waals surface area contributed by atoms with Crippen LogP contribution in [-0.4, -0.2) is 10.7 Å². The summed E-state index contributed by atoms with van der Waals surface area (Å²) < 4.78 is 2.05. The third kappa shape index (κ3) is 1.83. The number of rotatable bonds is 3. The molecule has 0 aliphatic heterocycles. The van der Waals surface area contributed by atoms with Crippen LogP contribution in [0.5, 0.6) is 0 Å². The first kappa shape index (κ1) is 9.52. The first-order valence-corrected chi connectivity index (χ1v) is 5.86. The monoisotopic (exact) mass is 212 g/mol. The summed E-state index contributed by atoms with van der Waals surface area (Å²) in [5.41, 5.74) is 4.95. The highest BCUT2D eigenvalue weighted by Crippen LogP contribution is 2.37. The molecule has 2 nitrogen and oxygen atoms in total. The Kier molecular flexibility index (Phi) is 2.41. The molecular weight excluding hydrogens is 196 g/mol. The zero-order chi connectivity index (χ0) is 10.8. The second-order valence-electron chi connectivity index (χ2n) is 4.50. The summed E-state index contributed by atoms with van der Waals surface area (Å²) in [6, 6.07) is 15.5. The minimum atomic E-state index is 0.623. The molecule has 1 N–H and O–H groups in total. The predicted octanol–water partition coefficient (Wildman–Crippen LogP) is 2.98. The third-order valence-electron chi connectivity index (χ3n) is 3.35. The van der Waals surface area contributed by atoms with Crippen molar-refractivity contribution in [2.45, 2.75) is 24.8 Å². The van der Waals surface area contributed by atoms with E-state index in [0.717, 1.165) is 5.92 Å². The lowest BCUT2D eigenvalue weighted by molar-refractivity contribution is 0.352. The number of nitrogens with one attached hydrogen (secondary N) is 1. The van der Waals surface area contributed by atoms with Gasteiger partial charge in [-0.3, -0.25) is 4.68 Å². The van der Waals surface area contributed by atoms with Crippen molar-refractivity contribution in [3.05, 3.63) is 60.4 Å². The molecule has 0 radical (unpaired) electrons. The van der Waals surface area contributed by atoms with Gasteiger partial charge >= 0.3 is 0 Å². The van der Waals surface area contributed by atoms with E-state index >= 15 is 0 Å². The fraction of sp³-hybridized carbons (Fsp3) is 0.286. The summed E-state index contributed by atoms with van der Waals surface area (Å²) in [6.07, 6.45) is 6.58. The fourth-order valence-electron chi connectivity index (χ4n) is 2.35. The standard InChI is InChI=1S/C14H16N2/c1-2-6-12(7-3-1)13-10-14(11-13)15-16-8-4-5-9-16/h1-9,13-15H,10-11H2. The van der Waals surface area contributed by atoms with Crippen LogP contribution in [0.2, 0.25) is 0 Å². The van der Waals surface area contributed by atoms with E-state index in [1.807, 2.05) is 16.8 Å². The molecular formula is C14H16N2. The van der Waals surface area contributed by atoms with Gasteiger partial charge in [0.2, 0.25) is 0 Å². The van der Waals surface area contributed by atoms with Crippen molar-refractivity contribution >= 4 is 0 Å². The minimum absolute atomic E-state index is 0.623. The Labute approximate surface area is 95.9 Å². The molecule has 2 aromatic rings. The van der Waals surface area contributed by atoms with Crippen molar-refractivity contribution in [3.8, 4) is 0 Å². The van der Waals surface area contributed by atoms with E-state index < -0.39 is 0 Å². The Morgan fingerprint density at radius 1 is 0.938 bits per heavy atom. The highest BCUT2D eigenvalue weighted by Gasteiger charge is 2.29. The number of hydrogen-bond acceptors (Lipinski definition) is 1. The second-order valence-corrected chi connectivity index (χ2v) is 4.50. The van der Waals surface area contributed by atoms with Crippen molar-refractivity contribution < 1.29 is 0 Å². The molecule has 1 aliphatic carbocycles. The van der Waals surface area contributed by atoms with Gasteiger partial charge in [-0.15, -0.1) is 0 Å². The van der Waals surface area contributed by atoms with E-state index in [9.17, 15) is 0 Å². The highest BCUT2D eigenvalue weighted by atomic mass is 15.4. The Morgan fingerprint density at radius 3 is 2.31 bits per heavy atom. The van der Waals surface area contributed by atoms with Crippen molar-refractivity contribution in [2.75, 3.05) is 5.43 Å². The van der Waals surface area contributed by atoms with E-state index in [2.05, 4.69) is 48.2 Å². The lowest BCUT2D eigenvalue weighted by Crippen LogP contribution is -2.38. The van der Waals surface area contributed by atoms with Crippen LogP contribution in [0, 0.1) is 0 Å². The lowest BCUT2D eigenvalue weighted by atomic mass is 9.76. The van der Waals surface area contributed by atoms with Crippen molar-refractivity contribution in [2.24, 2.45) is 0 Å². The van der Waals surface area contributed by atoms with Crippen LogP contribution in [0.1, 0.15) is 24.3 Å². The maximum atomic E-state index is 3.47. The Morgan fingerprint density at radius 2 is 1.62 bits per heavy atom. The van der Waals surface area contributed by atoms with Gasteiger partial charge < -0.3 is 5.43 Å². The summed E-state index contributed by atoms with van der Waals surface area (Å²) in [5.74, 6) is 0.745. The van der Waals surface area contributed by atoms with Crippen LogP contribution in [0.15, 0.2) is 54.9 Å². The number of benzene rings is 1. The third-order valence-corrected chi connectivity index (χ3v) is 3.35. The van der Waals surface area contributed by atoms with Gasteiger partial charge in [0.15, 0.2) is 0 Å². The van der Waals surface area contributed by atoms with Gasteiger partial charge in [-0.05, 0) is 36.5 Å². The zero-order valence-corrected chi connectivity index (χ0v) is 9.21. The maximum Gasteiger partial charge on any atom is 0.0436 e. The molecule has 82 valence electrons. The molecule has 1 aromatic heterocycles. The molecule has 1 aliphatic rings. The van der Waals surface area contributed by atoms with Crippen LogP contribution >= 0.6 is 0 Å². The summed E-state index contributed by atoms with van der Waals surface area (Å²) in [5, 5.41) is 0. The van der Waals surface area contributed by atoms with Crippen LogP contribution in [-0.2, 0) is 0 Å². The molecule has 0 saturated heterocycles. The quantitative estimate of drug-likeness (QED) is 0.827. The summed E-state index contributed by atoms with van der Waals surface area (Å²) in [7, 11) is 0. The van der Waals surface area contributed by atoms with Crippen LogP contribution in [0.3, 0.4) is 0 Å². The SMILES string of the molecule is c1ccc(C2CC(Nn3cccc3)C2)cc1. The largest absolute Gasteiger partial charge is 0.323 e. The second kappa shape index (κ2) is 4.05. The molecule has 0 atom stereocenters. The normalized spacial score (nSPS) is 23.8. The molecule has 16 heavy (non-hydrogen) atoms. The average Bonchev–Trinajstić information content (AvgIpc) is 2.77. The number of nitrogens with zero attached hydrogens (tertiary/aromatic N) is 1. The maximum absolute atomic E-state index is 3.47. The fourth-order valence-corrected chi connectivity index (χ4v) is 2.35.